The van der Waals surface area contributed by atoms with E-state index in [2.05, 4.69) is 10.6 Å². The number of hydrogen-bond acceptors (Lipinski definition) is 13. The van der Waals surface area contributed by atoms with E-state index in [0.717, 1.165) is 11.1 Å². The number of carbonyl (C=O) groups is 2. The topological polar surface area (TPSA) is 271 Å². The zero-order chi connectivity index (χ0) is 46.7. The Balaban J connectivity index is 1.24. The molecule has 0 heterocycles. The van der Waals surface area contributed by atoms with Crippen LogP contribution in [-0.2, 0) is 55.9 Å². The zero-order valence-corrected chi connectivity index (χ0v) is 37.9. The first kappa shape index (κ1) is 46.5. The van der Waals surface area contributed by atoms with Crippen LogP contribution in [0.15, 0.2) is 27.3 Å². The van der Waals surface area contributed by atoms with Gasteiger partial charge in [0.15, 0.2) is 10.9 Å². The average molecular weight is 935 g/mol. The van der Waals surface area contributed by atoms with E-state index < -0.39 is 62.3 Å². The molecule has 18 heteroatoms. The maximum absolute atomic E-state index is 14.5. The number of aliphatic hydroxyl groups excluding tert-OH is 2. The number of carbonyl (C=O) groups excluding carboxylic acids is 2. The Morgan fingerprint density at radius 1 is 0.754 bits per heavy atom. The van der Waals surface area contributed by atoms with Gasteiger partial charge in [0.25, 0.3) is 20.2 Å². The summed E-state index contributed by atoms with van der Waals surface area (Å²) in [5.74, 6) is -2.37. The fourth-order valence-corrected chi connectivity index (χ4v) is 11.9. The molecule has 0 saturated heterocycles. The number of rotatable bonds is 16. The van der Waals surface area contributed by atoms with Crippen LogP contribution in [0.3, 0.4) is 0 Å². The van der Waals surface area contributed by atoms with Crippen LogP contribution in [0.1, 0.15) is 98.9 Å². The maximum Gasteiger partial charge on any atom is 0.283 e. The molecule has 1 amide bonds. The lowest BCUT2D eigenvalue weighted by atomic mass is 9.77. The van der Waals surface area contributed by atoms with Gasteiger partial charge in [0.1, 0.15) is 23.2 Å². The van der Waals surface area contributed by atoms with Gasteiger partial charge in [-0.3, -0.25) is 28.3 Å². The Kier molecular flexibility index (Phi) is 12.9. The Morgan fingerprint density at radius 3 is 1.92 bits per heavy atom. The van der Waals surface area contributed by atoms with Crippen LogP contribution in [0.25, 0.3) is 49.2 Å². The van der Waals surface area contributed by atoms with E-state index in [9.17, 15) is 51.3 Å². The summed E-state index contributed by atoms with van der Waals surface area (Å²) >= 11 is 0. The van der Waals surface area contributed by atoms with Gasteiger partial charge < -0.3 is 30.7 Å². The quantitative estimate of drug-likeness (QED) is 0.0375. The van der Waals surface area contributed by atoms with Crippen molar-refractivity contribution >= 4 is 86.8 Å². The van der Waals surface area contributed by atoms with Crippen molar-refractivity contribution in [3.8, 4) is 11.5 Å². The number of amides is 1. The van der Waals surface area contributed by atoms with Crippen LogP contribution in [0.5, 0.6) is 11.5 Å². The Hall–Kier alpha value is -4.98. The van der Waals surface area contributed by atoms with Crippen molar-refractivity contribution in [3.63, 3.8) is 0 Å². The number of anilines is 1. The predicted octanol–water partition coefficient (Wildman–Crippen LogP) is 5.32. The van der Waals surface area contributed by atoms with Gasteiger partial charge >= 0.3 is 0 Å². The number of aromatic hydroxyl groups is 1. The number of allylic oxidation sites excluding steroid dienone is 1. The standard InChI is InChI=1S/C47H54N2O14S2/c1-23-15-31-30(12-7-24-3-10-27(11-4-24)47(56)49-22-65(60,61)62)45(55)41-35(54)18-29(21-51)37-36-28(20-50)17-34(53)40-42(36)39(38(31)43(37)41)32(16-23)46(63-2)44(40)48-19-25-5-8-26(9-6-25)33(52)13-14-64(57,58)59/h15,17-18,24-27,48,50-51,55H,3-14,16,19-22H2,1-2H3,(H,49,56)(H,57,58,59)(H,60,61,62). The molecule has 0 aliphatic heterocycles. The summed E-state index contributed by atoms with van der Waals surface area (Å²) in [6.45, 7) is 1.29. The van der Waals surface area contributed by atoms with Gasteiger partial charge in [-0.2, -0.15) is 16.8 Å². The van der Waals surface area contributed by atoms with E-state index in [1.807, 2.05) is 13.0 Å². The number of aliphatic hydroxyl groups is 2. The predicted molar refractivity (Wildman–Crippen MR) is 247 cm³/mol. The summed E-state index contributed by atoms with van der Waals surface area (Å²) in [4.78, 5) is 54.2. The lowest BCUT2D eigenvalue weighted by Crippen LogP contribution is -2.36. The first-order valence-electron chi connectivity index (χ1n) is 22.1. The number of nitrogens with one attached hydrogen (secondary N) is 2. The summed E-state index contributed by atoms with van der Waals surface area (Å²) < 4.78 is 69.4. The first-order valence-corrected chi connectivity index (χ1v) is 25.3. The van der Waals surface area contributed by atoms with Gasteiger partial charge in [0.2, 0.25) is 5.91 Å². The maximum atomic E-state index is 14.5. The highest BCUT2D eigenvalue weighted by Crippen LogP contribution is 2.54. The summed E-state index contributed by atoms with van der Waals surface area (Å²) in [5, 5.41) is 43.4. The zero-order valence-electron chi connectivity index (χ0n) is 36.3. The molecule has 0 atom stereocenters. The van der Waals surface area contributed by atoms with E-state index in [-0.39, 0.29) is 52.1 Å². The normalized spacial score (nSPS) is 20.4. The fourth-order valence-electron chi connectivity index (χ4n) is 11.1. The molecule has 7 N–H and O–H groups in total. The molecule has 5 aromatic carbocycles. The van der Waals surface area contributed by atoms with Crippen LogP contribution in [0, 0.1) is 23.7 Å². The second-order valence-electron chi connectivity index (χ2n) is 18.3. The number of fused-ring (bicyclic) bond motifs is 1. The molecule has 348 valence electrons. The SMILES string of the molecule is COc1c(NCC2CCC(C(=O)CCS(=O)(=O)O)CC2)c2c(=O)cc(CO)c3c4c(CO)cc(=O)c5c(O)c(CCC6CCC(C(=O)NCS(=O)(=O)O)CC6)c6c(c(c1CC(C)=C6)c23)c54. The molecular formula is C47H54N2O14S2. The molecule has 0 unspecified atom stereocenters. The van der Waals surface area contributed by atoms with Gasteiger partial charge in [-0.15, -0.1) is 0 Å². The third-order valence-corrected chi connectivity index (χ3v) is 15.5. The Bertz CT molecular complexity index is 3120. The van der Waals surface area contributed by atoms with Gasteiger partial charge in [-0.05, 0) is 140 Å². The molecule has 65 heavy (non-hydrogen) atoms. The molecule has 3 aliphatic carbocycles. The van der Waals surface area contributed by atoms with E-state index in [0.29, 0.717) is 143 Å². The number of methoxy groups -OCH3 is 1. The number of hydrogen-bond donors (Lipinski definition) is 7. The molecule has 0 aromatic heterocycles. The largest absolute Gasteiger partial charge is 0.507 e. The van der Waals surface area contributed by atoms with E-state index >= 15 is 0 Å². The van der Waals surface area contributed by atoms with Crippen molar-refractivity contribution in [1.82, 2.24) is 5.32 Å². The molecule has 2 saturated carbocycles. The van der Waals surface area contributed by atoms with E-state index in [1.165, 1.54) is 19.2 Å². The summed E-state index contributed by atoms with van der Waals surface area (Å²) in [7, 11) is -7.09. The molecule has 16 nitrogen and oxygen atoms in total. The minimum atomic E-state index is -4.36. The third kappa shape index (κ3) is 8.88. The number of phenols is 1. The highest BCUT2D eigenvalue weighted by Gasteiger charge is 2.34. The number of ketones is 1. The van der Waals surface area contributed by atoms with Gasteiger partial charge in [-0.1, -0.05) is 11.6 Å². The van der Waals surface area contributed by atoms with Crippen molar-refractivity contribution in [2.24, 2.45) is 23.7 Å². The van der Waals surface area contributed by atoms with Crippen molar-refractivity contribution in [1.29, 1.82) is 0 Å². The number of phenolic OH excluding ortho intramolecular Hbond substituents is 1. The minimum absolute atomic E-state index is 0.0613. The van der Waals surface area contributed by atoms with Gasteiger partial charge in [-0.25, -0.2) is 0 Å². The number of benzene rings is 5. The van der Waals surface area contributed by atoms with Crippen molar-refractivity contribution in [2.75, 3.05) is 30.6 Å². The molecule has 3 aliphatic rings. The minimum Gasteiger partial charge on any atom is -0.507 e. The molecule has 0 radical (unpaired) electrons. The molecule has 2 fully saturated rings. The van der Waals surface area contributed by atoms with Crippen LogP contribution in [-0.4, -0.2) is 78.2 Å². The van der Waals surface area contributed by atoms with Crippen LogP contribution < -0.4 is 26.2 Å². The lowest BCUT2D eigenvalue weighted by Gasteiger charge is -2.29. The average Bonchev–Trinajstić information content (AvgIpc) is 3.42. The Labute approximate surface area is 375 Å². The third-order valence-electron chi connectivity index (χ3n) is 14.2. The van der Waals surface area contributed by atoms with Gasteiger partial charge in [0, 0.05) is 46.7 Å². The van der Waals surface area contributed by atoms with Crippen molar-refractivity contribution in [3.05, 3.63) is 66.0 Å². The van der Waals surface area contributed by atoms with E-state index in [4.69, 9.17) is 13.8 Å². The van der Waals surface area contributed by atoms with Gasteiger partial charge in [0.05, 0.1) is 42.5 Å². The summed E-state index contributed by atoms with van der Waals surface area (Å²) in [6.07, 6.45) is 7.78. The van der Waals surface area contributed by atoms with Crippen LogP contribution in [0.2, 0.25) is 0 Å². The van der Waals surface area contributed by atoms with Crippen molar-refractivity contribution in [2.45, 2.75) is 97.2 Å². The number of ether oxygens (including phenoxy) is 1. The van der Waals surface area contributed by atoms with Crippen LogP contribution in [0.4, 0.5) is 5.69 Å². The molecular weight excluding hydrogens is 881 g/mol. The van der Waals surface area contributed by atoms with E-state index in [1.54, 1.807) is 0 Å². The summed E-state index contributed by atoms with van der Waals surface area (Å²) in [6, 6.07) is 2.67. The Morgan fingerprint density at radius 2 is 1.34 bits per heavy atom. The highest BCUT2D eigenvalue weighted by molar-refractivity contribution is 7.86. The second kappa shape index (κ2) is 18.0. The molecule has 0 spiro atoms. The monoisotopic (exact) mass is 934 g/mol. The molecule has 0 bridgehead atoms. The number of Topliss-reactive ketones (excluding diaryl/α,β-unsaturated/α-hetero) is 1. The summed E-state index contributed by atoms with van der Waals surface area (Å²) in [5.41, 5.74) is 2.97. The van der Waals surface area contributed by atoms with Crippen LogP contribution >= 0.6 is 0 Å². The lowest BCUT2D eigenvalue weighted by molar-refractivity contribution is -0.126. The van der Waals surface area contributed by atoms with Crippen molar-refractivity contribution < 1.29 is 55.6 Å². The smallest absolute Gasteiger partial charge is 0.283 e. The second-order valence-corrected chi connectivity index (χ2v) is 21.3. The fraction of sp³-hybridized carbons (Fsp3) is 0.489. The first-order chi connectivity index (χ1) is 30.8. The highest BCUT2D eigenvalue weighted by atomic mass is 32.2. The molecule has 8 rings (SSSR count). The molecule has 5 aromatic rings.